The Hall–Kier alpha value is -0.540. The fourth-order valence-corrected chi connectivity index (χ4v) is 2.66. The smallest absolute Gasteiger partial charge is 0.0425 e. The first-order valence-electron chi connectivity index (χ1n) is 5.98. The quantitative estimate of drug-likeness (QED) is 0.900. The van der Waals surface area contributed by atoms with Crippen LogP contribution in [0.25, 0.3) is 0 Å². The molecular weight excluding hydrogens is 264 g/mol. The first-order valence-corrected chi connectivity index (χ1v) is 6.78. The van der Waals surface area contributed by atoms with Crippen molar-refractivity contribution < 1.29 is 0 Å². The Balaban J connectivity index is 2.32. The van der Waals surface area contributed by atoms with E-state index in [0.717, 1.165) is 17.6 Å². The molecule has 3 heteroatoms. The van der Waals surface area contributed by atoms with Gasteiger partial charge in [0.1, 0.15) is 0 Å². The van der Waals surface area contributed by atoms with Gasteiger partial charge in [-0.15, -0.1) is 0 Å². The molecule has 0 spiro atoms. The fourth-order valence-electron chi connectivity index (χ4n) is 2.31. The van der Waals surface area contributed by atoms with Crippen molar-refractivity contribution in [2.75, 3.05) is 18.0 Å². The van der Waals surface area contributed by atoms with Crippen molar-refractivity contribution in [2.45, 2.75) is 32.2 Å². The molecule has 88 valence electrons. The van der Waals surface area contributed by atoms with E-state index in [4.69, 9.17) is 5.73 Å². The van der Waals surface area contributed by atoms with Gasteiger partial charge in [0, 0.05) is 29.3 Å². The molecule has 0 radical (unpaired) electrons. The van der Waals surface area contributed by atoms with Crippen LogP contribution >= 0.6 is 15.9 Å². The van der Waals surface area contributed by atoms with Gasteiger partial charge in [-0.05, 0) is 43.9 Å². The molecule has 1 aromatic carbocycles. The van der Waals surface area contributed by atoms with E-state index in [9.17, 15) is 0 Å². The first-order chi connectivity index (χ1) is 7.68. The lowest BCUT2D eigenvalue weighted by molar-refractivity contribution is 0.574. The average molecular weight is 283 g/mol. The summed E-state index contributed by atoms with van der Waals surface area (Å²) in [4.78, 5) is 2.47. The summed E-state index contributed by atoms with van der Waals surface area (Å²) in [6, 6.07) is 6.51. The van der Waals surface area contributed by atoms with Crippen molar-refractivity contribution in [2.24, 2.45) is 5.73 Å². The first kappa shape index (κ1) is 11.9. The van der Waals surface area contributed by atoms with Crippen LogP contribution in [0.15, 0.2) is 22.7 Å². The molecule has 1 unspecified atom stereocenters. The van der Waals surface area contributed by atoms with Gasteiger partial charge in [0.2, 0.25) is 0 Å². The summed E-state index contributed by atoms with van der Waals surface area (Å²) in [5.74, 6) is 0. The Kier molecular flexibility index (Phi) is 3.87. The number of nitrogens with zero attached hydrogens (tertiary/aromatic N) is 1. The summed E-state index contributed by atoms with van der Waals surface area (Å²) in [5, 5.41) is 0. The van der Waals surface area contributed by atoms with Crippen LogP contribution in [-0.4, -0.2) is 13.1 Å². The number of anilines is 1. The normalized spacial score (nSPS) is 18.6. The minimum Gasteiger partial charge on any atom is -0.371 e. The van der Waals surface area contributed by atoms with Gasteiger partial charge in [-0.1, -0.05) is 22.0 Å². The zero-order valence-corrected chi connectivity index (χ0v) is 11.3. The highest BCUT2D eigenvalue weighted by molar-refractivity contribution is 9.10. The second-order valence-corrected chi connectivity index (χ2v) is 5.46. The predicted molar refractivity (Wildman–Crippen MR) is 72.8 cm³/mol. The van der Waals surface area contributed by atoms with Gasteiger partial charge >= 0.3 is 0 Å². The van der Waals surface area contributed by atoms with Crippen LogP contribution in [0.4, 0.5) is 5.69 Å². The summed E-state index contributed by atoms with van der Waals surface area (Å²) in [6.07, 6.45) is 3.95. The van der Waals surface area contributed by atoms with Gasteiger partial charge in [0.05, 0.1) is 0 Å². The van der Waals surface area contributed by atoms with E-state index in [1.165, 1.54) is 30.5 Å². The van der Waals surface area contributed by atoms with Crippen LogP contribution in [-0.2, 0) is 0 Å². The van der Waals surface area contributed by atoms with Crippen LogP contribution in [0, 0.1) is 0 Å². The molecule has 0 saturated carbocycles. The molecule has 2 N–H and O–H groups in total. The molecular formula is C13H19BrN2. The van der Waals surface area contributed by atoms with Gasteiger partial charge in [-0.3, -0.25) is 0 Å². The molecule has 2 rings (SSSR count). The minimum absolute atomic E-state index is 0.102. The van der Waals surface area contributed by atoms with Gasteiger partial charge in [0.25, 0.3) is 0 Å². The monoisotopic (exact) mass is 282 g/mol. The predicted octanol–water partition coefficient (Wildman–Crippen LogP) is 3.46. The summed E-state index contributed by atoms with van der Waals surface area (Å²) >= 11 is 3.54. The molecule has 0 aliphatic carbocycles. The van der Waals surface area contributed by atoms with Crippen molar-refractivity contribution in [1.29, 1.82) is 0 Å². The fraction of sp³-hybridized carbons (Fsp3) is 0.538. The molecule has 0 bridgehead atoms. The maximum absolute atomic E-state index is 6.03. The molecule has 0 aromatic heterocycles. The SMILES string of the molecule is CC(N)c1ccc(Br)cc1N1CCCCC1. The van der Waals surface area contributed by atoms with E-state index in [-0.39, 0.29) is 6.04 Å². The van der Waals surface area contributed by atoms with Crippen molar-refractivity contribution in [3.05, 3.63) is 28.2 Å². The summed E-state index contributed by atoms with van der Waals surface area (Å²) < 4.78 is 1.14. The molecule has 0 amide bonds. The van der Waals surface area contributed by atoms with Crippen LogP contribution < -0.4 is 10.6 Å². The number of piperidine rings is 1. The number of halogens is 1. The van der Waals surface area contributed by atoms with Crippen molar-refractivity contribution in [1.82, 2.24) is 0 Å². The average Bonchev–Trinajstić information content (AvgIpc) is 2.29. The molecule has 1 fully saturated rings. The Morgan fingerprint density at radius 2 is 1.94 bits per heavy atom. The third-order valence-corrected chi connectivity index (χ3v) is 3.67. The Labute approximate surface area is 106 Å². The van der Waals surface area contributed by atoms with Gasteiger partial charge in [-0.2, -0.15) is 0 Å². The summed E-state index contributed by atoms with van der Waals surface area (Å²) in [6.45, 7) is 4.38. The maximum Gasteiger partial charge on any atom is 0.0425 e. The molecule has 1 aromatic rings. The molecule has 1 aliphatic rings. The standard InChI is InChI=1S/C13H19BrN2/c1-10(15)12-6-5-11(14)9-13(12)16-7-3-2-4-8-16/h5-6,9-10H,2-4,7-8,15H2,1H3. The molecule has 1 atom stereocenters. The zero-order chi connectivity index (χ0) is 11.5. The lowest BCUT2D eigenvalue weighted by atomic mass is 10.0. The Morgan fingerprint density at radius 1 is 1.25 bits per heavy atom. The summed E-state index contributed by atoms with van der Waals surface area (Å²) in [7, 11) is 0. The maximum atomic E-state index is 6.03. The lowest BCUT2D eigenvalue weighted by Gasteiger charge is -2.31. The zero-order valence-electron chi connectivity index (χ0n) is 9.75. The van der Waals surface area contributed by atoms with E-state index in [2.05, 4.69) is 46.0 Å². The van der Waals surface area contributed by atoms with E-state index >= 15 is 0 Å². The minimum atomic E-state index is 0.102. The van der Waals surface area contributed by atoms with Gasteiger partial charge in [0.15, 0.2) is 0 Å². The molecule has 1 saturated heterocycles. The number of rotatable bonds is 2. The molecule has 2 nitrogen and oxygen atoms in total. The Bertz CT molecular complexity index is 357. The van der Waals surface area contributed by atoms with Crippen LogP contribution in [0.2, 0.25) is 0 Å². The molecule has 1 heterocycles. The van der Waals surface area contributed by atoms with E-state index in [0.29, 0.717) is 0 Å². The summed E-state index contributed by atoms with van der Waals surface area (Å²) in [5.41, 5.74) is 8.59. The molecule has 16 heavy (non-hydrogen) atoms. The number of nitrogens with two attached hydrogens (primary N) is 1. The highest BCUT2D eigenvalue weighted by Crippen LogP contribution is 2.30. The van der Waals surface area contributed by atoms with E-state index in [1.807, 2.05) is 0 Å². The third-order valence-electron chi connectivity index (χ3n) is 3.18. The van der Waals surface area contributed by atoms with Crippen molar-refractivity contribution in [3.63, 3.8) is 0 Å². The van der Waals surface area contributed by atoms with Crippen molar-refractivity contribution >= 4 is 21.6 Å². The van der Waals surface area contributed by atoms with Gasteiger partial charge in [-0.25, -0.2) is 0 Å². The lowest BCUT2D eigenvalue weighted by Crippen LogP contribution is -2.30. The van der Waals surface area contributed by atoms with Crippen LogP contribution in [0.3, 0.4) is 0 Å². The highest BCUT2D eigenvalue weighted by Gasteiger charge is 2.16. The van der Waals surface area contributed by atoms with E-state index in [1.54, 1.807) is 0 Å². The number of hydrogen-bond donors (Lipinski definition) is 1. The second kappa shape index (κ2) is 5.19. The van der Waals surface area contributed by atoms with Crippen LogP contribution in [0.1, 0.15) is 37.8 Å². The topological polar surface area (TPSA) is 29.3 Å². The highest BCUT2D eigenvalue weighted by atomic mass is 79.9. The molecule has 1 aliphatic heterocycles. The number of benzene rings is 1. The second-order valence-electron chi connectivity index (χ2n) is 4.54. The number of hydrogen-bond acceptors (Lipinski definition) is 2. The van der Waals surface area contributed by atoms with E-state index < -0.39 is 0 Å². The van der Waals surface area contributed by atoms with Crippen LogP contribution in [0.5, 0.6) is 0 Å². The third kappa shape index (κ3) is 2.58. The largest absolute Gasteiger partial charge is 0.371 e. The van der Waals surface area contributed by atoms with Gasteiger partial charge < -0.3 is 10.6 Å². The Morgan fingerprint density at radius 3 is 2.56 bits per heavy atom. The van der Waals surface area contributed by atoms with Crippen molar-refractivity contribution in [3.8, 4) is 0 Å².